The summed E-state index contributed by atoms with van der Waals surface area (Å²) in [5.41, 5.74) is 2.47. The minimum Gasteiger partial charge on any atom is -0.262 e. The van der Waals surface area contributed by atoms with Gasteiger partial charge in [-0.2, -0.15) is 0 Å². The summed E-state index contributed by atoms with van der Waals surface area (Å²) in [5, 5.41) is 9.83. The van der Waals surface area contributed by atoms with E-state index in [1.165, 1.54) is 0 Å². The monoisotopic (exact) mass is 281 g/mol. The van der Waals surface area contributed by atoms with Crippen LogP contribution in [0.1, 0.15) is 0 Å². The first-order valence-electron chi connectivity index (χ1n) is 6.03. The van der Waals surface area contributed by atoms with E-state index in [9.17, 15) is 0 Å². The summed E-state index contributed by atoms with van der Waals surface area (Å²) in [7, 11) is 0. The molecule has 0 saturated carbocycles. The van der Waals surface area contributed by atoms with Crippen LogP contribution in [0.5, 0.6) is 0 Å². The van der Waals surface area contributed by atoms with E-state index in [0.29, 0.717) is 16.6 Å². The molecule has 0 fully saturated rings. The lowest BCUT2D eigenvalue weighted by atomic mass is 10.1. The largest absolute Gasteiger partial charge is 0.262 e. The van der Waals surface area contributed by atoms with Gasteiger partial charge >= 0.3 is 0 Å². The highest BCUT2D eigenvalue weighted by molar-refractivity contribution is 6.29. The molecule has 0 spiro atoms. The highest BCUT2D eigenvalue weighted by Crippen LogP contribution is 2.27. The number of aromatic nitrogens is 5. The minimum absolute atomic E-state index is 0.475. The van der Waals surface area contributed by atoms with E-state index in [4.69, 9.17) is 11.6 Å². The lowest BCUT2D eigenvalue weighted by Crippen LogP contribution is -1.93. The second kappa shape index (κ2) is 4.25. The van der Waals surface area contributed by atoms with Crippen LogP contribution in [0.15, 0.2) is 48.9 Å². The van der Waals surface area contributed by atoms with E-state index in [-0.39, 0.29) is 0 Å². The molecule has 0 aliphatic carbocycles. The number of rotatable bonds is 1. The van der Waals surface area contributed by atoms with E-state index >= 15 is 0 Å². The summed E-state index contributed by atoms with van der Waals surface area (Å²) in [4.78, 5) is 8.37. The number of hydrogen-bond donors (Lipinski definition) is 0. The maximum Gasteiger partial charge on any atom is 0.180 e. The summed E-state index contributed by atoms with van der Waals surface area (Å²) in [6, 6.07) is 9.80. The van der Waals surface area contributed by atoms with Crippen molar-refractivity contribution in [2.45, 2.75) is 0 Å². The zero-order valence-corrected chi connectivity index (χ0v) is 11.0. The maximum atomic E-state index is 6.21. The second-order valence-corrected chi connectivity index (χ2v) is 4.71. The Bertz CT molecular complexity index is 926. The molecular formula is C14H8ClN5. The minimum atomic E-state index is 0.475. The van der Waals surface area contributed by atoms with Crippen LogP contribution in [0.3, 0.4) is 0 Å². The van der Waals surface area contributed by atoms with Gasteiger partial charge in [-0.25, -0.2) is 0 Å². The summed E-state index contributed by atoms with van der Waals surface area (Å²) in [6.07, 6.45) is 4.97. The van der Waals surface area contributed by atoms with Gasteiger partial charge in [0.05, 0.1) is 17.9 Å². The highest BCUT2D eigenvalue weighted by Gasteiger charge is 2.13. The molecule has 3 heterocycles. The topological polar surface area (TPSA) is 56.0 Å². The van der Waals surface area contributed by atoms with Gasteiger partial charge in [0.25, 0.3) is 0 Å². The van der Waals surface area contributed by atoms with Gasteiger partial charge in [0.2, 0.25) is 0 Å². The van der Waals surface area contributed by atoms with Crippen LogP contribution in [0.2, 0.25) is 5.15 Å². The summed E-state index contributed by atoms with van der Waals surface area (Å²) >= 11 is 6.21. The van der Waals surface area contributed by atoms with Crippen molar-refractivity contribution in [2.24, 2.45) is 0 Å². The van der Waals surface area contributed by atoms with Crippen LogP contribution in [-0.2, 0) is 0 Å². The Kier molecular flexibility index (Phi) is 2.40. The number of nitrogens with zero attached hydrogens (tertiary/aromatic N) is 5. The third kappa shape index (κ3) is 1.57. The molecule has 1 aromatic carbocycles. The van der Waals surface area contributed by atoms with Crippen LogP contribution in [0.25, 0.3) is 27.9 Å². The number of pyridine rings is 1. The molecule has 96 valence electrons. The van der Waals surface area contributed by atoms with E-state index in [0.717, 1.165) is 16.5 Å². The van der Waals surface area contributed by atoms with Gasteiger partial charge in [-0.3, -0.25) is 14.4 Å². The molecule has 0 aliphatic heterocycles. The van der Waals surface area contributed by atoms with Gasteiger partial charge in [0.1, 0.15) is 5.15 Å². The van der Waals surface area contributed by atoms with Crippen molar-refractivity contribution < 1.29 is 0 Å². The lowest BCUT2D eigenvalue weighted by Gasteiger charge is -2.05. The summed E-state index contributed by atoms with van der Waals surface area (Å²) in [5.74, 6) is 0.686. The van der Waals surface area contributed by atoms with Crippen molar-refractivity contribution in [2.75, 3.05) is 0 Å². The van der Waals surface area contributed by atoms with Crippen molar-refractivity contribution in [3.63, 3.8) is 0 Å². The van der Waals surface area contributed by atoms with E-state index in [1.54, 1.807) is 23.0 Å². The van der Waals surface area contributed by atoms with E-state index in [1.807, 2.05) is 30.3 Å². The van der Waals surface area contributed by atoms with Gasteiger partial charge in [0.15, 0.2) is 11.5 Å². The molecule has 4 rings (SSSR count). The summed E-state index contributed by atoms with van der Waals surface area (Å²) in [6.45, 7) is 0. The SMILES string of the molecule is Clc1cncc2nnc(-c3cccc4ncccc34)n12. The van der Waals surface area contributed by atoms with E-state index < -0.39 is 0 Å². The quantitative estimate of drug-likeness (QED) is 0.538. The Hall–Kier alpha value is -2.53. The fourth-order valence-corrected chi connectivity index (χ4v) is 2.51. The van der Waals surface area contributed by atoms with Crippen molar-refractivity contribution in [1.29, 1.82) is 0 Å². The molecule has 0 unspecified atom stereocenters. The molecule has 0 N–H and O–H groups in total. The Balaban J connectivity index is 2.12. The second-order valence-electron chi connectivity index (χ2n) is 4.32. The average Bonchev–Trinajstić information content (AvgIpc) is 2.92. The van der Waals surface area contributed by atoms with Crippen molar-refractivity contribution >= 4 is 28.2 Å². The molecule has 0 saturated heterocycles. The smallest absolute Gasteiger partial charge is 0.180 e. The highest BCUT2D eigenvalue weighted by atomic mass is 35.5. The Morgan fingerprint density at radius 2 is 1.95 bits per heavy atom. The molecule has 6 heteroatoms. The third-order valence-corrected chi connectivity index (χ3v) is 3.43. The molecule has 20 heavy (non-hydrogen) atoms. The number of benzene rings is 1. The van der Waals surface area contributed by atoms with Gasteiger partial charge < -0.3 is 0 Å². The lowest BCUT2D eigenvalue weighted by molar-refractivity contribution is 1.11. The zero-order chi connectivity index (χ0) is 13.5. The first kappa shape index (κ1) is 11.3. The van der Waals surface area contributed by atoms with Crippen molar-refractivity contribution in [3.8, 4) is 11.4 Å². The molecule has 3 aromatic heterocycles. The Morgan fingerprint density at radius 3 is 2.90 bits per heavy atom. The van der Waals surface area contributed by atoms with Crippen molar-refractivity contribution in [3.05, 3.63) is 54.1 Å². The molecule has 0 amide bonds. The van der Waals surface area contributed by atoms with Gasteiger partial charge in [-0.1, -0.05) is 29.8 Å². The Labute approximate surface area is 118 Å². The van der Waals surface area contributed by atoms with Gasteiger partial charge in [-0.05, 0) is 12.1 Å². The van der Waals surface area contributed by atoms with Crippen LogP contribution < -0.4 is 0 Å². The predicted octanol–water partition coefficient (Wildman–Crippen LogP) is 2.99. The van der Waals surface area contributed by atoms with Gasteiger partial charge in [-0.15, -0.1) is 10.2 Å². The first-order chi connectivity index (χ1) is 9.84. The fraction of sp³-hybridized carbons (Fsp3) is 0. The molecule has 0 radical (unpaired) electrons. The number of hydrogen-bond acceptors (Lipinski definition) is 4. The number of fused-ring (bicyclic) bond motifs is 2. The van der Waals surface area contributed by atoms with Crippen LogP contribution in [-0.4, -0.2) is 24.6 Å². The molecular weight excluding hydrogens is 274 g/mol. The Morgan fingerprint density at radius 1 is 1.00 bits per heavy atom. The first-order valence-corrected chi connectivity index (χ1v) is 6.41. The maximum absolute atomic E-state index is 6.21. The van der Waals surface area contributed by atoms with Crippen molar-refractivity contribution in [1.82, 2.24) is 24.6 Å². The van der Waals surface area contributed by atoms with Crippen LogP contribution in [0, 0.1) is 0 Å². The normalized spacial score (nSPS) is 11.2. The molecule has 4 aromatic rings. The molecule has 5 nitrogen and oxygen atoms in total. The zero-order valence-electron chi connectivity index (χ0n) is 10.2. The summed E-state index contributed by atoms with van der Waals surface area (Å²) < 4.78 is 1.77. The fourth-order valence-electron chi connectivity index (χ4n) is 2.29. The average molecular weight is 282 g/mol. The standard InChI is InChI=1S/C14H8ClN5/c15-12-7-16-8-13-18-19-14(20(12)13)10-3-1-5-11-9(10)4-2-6-17-11/h1-8H. The van der Waals surface area contributed by atoms with Crippen LogP contribution >= 0.6 is 11.6 Å². The van der Waals surface area contributed by atoms with Crippen LogP contribution in [0.4, 0.5) is 0 Å². The molecule has 0 aliphatic rings. The molecule has 0 atom stereocenters. The molecule has 0 bridgehead atoms. The third-order valence-electron chi connectivity index (χ3n) is 3.16. The predicted molar refractivity (Wildman–Crippen MR) is 76.5 cm³/mol. The van der Waals surface area contributed by atoms with E-state index in [2.05, 4.69) is 20.2 Å². The van der Waals surface area contributed by atoms with Gasteiger partial charge in [0, 0.05) is 17.1 Å². The number of halogens is 1.